The standard InChI is InChI=1S/C16H29NO4/c1-3-14(11-18)17(10-12(2)16(20)21)15(19)9-13-7-5-4-6-8-13/h12-14,18H,3-11H2,1-2H3,(H,20,21). The number of amides is 1. The van der Waals surface area contributed by atoms with Crippen LogP contribution in [-0.2, 0) is 9.59 Å². The van der Waals surface area contributed by atoms with Gasteiger partial charge in [0.25, 0.3) is 0 Å². The SMILES string of the molecule is CCC(CO)N(CC(C)C(=O)O)C(=O)CC1CCCCC1. The smallest absolute Gasteiger partial charge is 0.308 e. The molecule has 21 heavy (non-hydrogen) atoms. The highest BCUT2D eigenvalue weighted by atomic mass is 16.4. The average molecular weight is 299 g/mol. The van der Waals surface area contributed by atoms with E-state index in [0.29, 0.717) is 18.8 Å². The molecule has 2 unspecified atom stereocenters. The Labute approximate surface area is 127 Å². The van der Waals surface area contributed by atoms with E-state index in [1.807, 2.05) is 6.92 Å². The van der Waals surface area contributed by atoms with Gasteiger partial charge in [0.2, 0.25) is 5.91 Å². The summed E-state index contributed by atoms with van der Waals surface area (Å²) in [7, 11) is 0. The number of aliphatic carboxylic acids is 1. The lowest BCUT2D eigenvalue weighted by Crippen LogP contribution is -2.46. The van der Waals surface area contributed by atoms with Crippen LogP contribution in [0.1, 0.15) is 58.8 Å². The van der Waals surface area contributed by atoms with Gasteiger partial charge in [0, 0.05) is 13.0 Å². The number of aliphatic hydroxyl groups is 1. The molecule has 0 aromatic carbocycles. The van der Waals surface area contributed by atoms with Gasteiger partial charge in [-0.2, -0.15) is 0 Å². The second kappa shape index (κ2) is 9.03. The van der Waals surface area contributed by atoms with Crippen molar-refractivity contribution >= 4 is 11.9 Å². The van der Waals surface area contributed by atoms with E-state index < -0.39 is 11.9 Å². The molecular weight excluding hydrogens is 270 g/mol. The Morgan fingerprint density at radius 1 is 1.24 bits per heavy atom. The number of carbonyl (C=O) groups excluding carboxylic acids is 1. The third-order valence-corrected chi connectivity index (χ3v) is 4.52. The predicted octanol–water partition coefficient (Wildman–Crippen LogP) is 2.28. The molecule has 0 heterocycles. The molecule has 0 bridgehead atoms. The van der Waals surface area contributed by atoms with Crippen molar-refractivity contribution in [1.29, 1.82) is 0 Å². The van der Waals surface area contributed by atoms with Gasteiger partial charge >= 0.3 is 5.97 Å². The van der Waals surface area contributed by atoms with E-state index in [4.69, 9.17) is 5.11 Å². The molecule has 1 rings (SSSR count). The molecule has 1 aliphatic rings. The molecule has 2 atom stereocenters. The van der Waals surface area contributed by atoms with Gasteiger partial charge in [-0.15, -0.1) is 0 Å². The van der Waals surface area contributed by atoms with E-state index in [2.05, 4.69) is 0 Å². The minimum Gasteiger partial charge on any atom is -0.481 e. The zero-order chi connectivity index (χ0) is 15.8. The van der Waals surface area contributed by atoms with Gasteiger partial charge in [0.1, 0.15) is 0 Å². The molecule has 1 amide bonds. The van der Waals surface area contributed by atoms with Gasteiger partial charge in [-0.3, -0.25) is 9.59 Å². The molecule has 0 saturated heterocycles. The van der Waals surface area contributed by atoms with Gasteiger partial charge in [0.15, 0.2) is 0 Å². The summed E-state index contributed by atoms with van der Waals surface area (Å²) in [5.41, 5.74) is 0. The van der Waals surface area contributed by atoms with Gasteiger partial charge in [-0.25, -0.2) is 0 Å². The van der Waals surface area contributed by atoms with Crippen molar-refractivity contribution in [3.63, 3.8) is 0 Å². The summed E-state index contributed by atoms with van der Waals surface area (Å²) in [6.45, 7) is 3.58. The lowest BCUT2D eigenvalue weighted by molar-refractivity contribution is -0.144. The lowest BCUT2D eigenvalue weighted by Gasteiger charge is -2.33. The summed E-state index contributed by atoms with van der Waals surface area (Å²) in [4.78, 5) is 25.2. The zero-order valence-electron chi connectivity index (χ0n) is 13.3. The molecule has 0 aromatic heterocycles. The van der Waals surface area contributed by atoms with Gasteiger partial charge < -0.3 is 15.1 Å². The van der Waals surface area contributed by atoms with Crippen LogP contribution in [0.3, 0.4) is 0 Å². The first-order valence-corrected chi connectivity index (χ1v) is 8.12. The number of carbonyl (C=O) groups is 2. The van der Waals surface area contributed by atoms with Crippen LogP contribution in [0, 0.1) is 11.8 Å². The van der Waals surface area contributed by atoms with Crippen LogP contribution in [0.15, 0.2) is 0 Å². The fourth-order valence-electron chi connectivity index (χ4n) is 3.03. The van der Waals surface area contributed by atoms with Crippen LogP contribution in [-0.4, -0.2) is 46.2 Å². The molecule has 0 aliphatic heterocycles. The normalized spacial score (nSPS) is 19.0. The largest absolute Gasteiger partial charge is 0.481 e. The van der Waals surface area contributed by atoms with E-state index in [0.717, 1.165) is 12.8 Å². The highest BCUT2D eigenvalue weighted by molar-refractivity contribution is 5.78. The summed E-state index contributed by atoms with van der Waals surface area (Å²) in [5, 5.41) is 18.5. The molecule has 0 spiro atoms. The maximum atomic E-state index is 12.6. The Balaban J connectivity index is 2.68. The minimum absolute atomic E-state index is 0.00380. The summed E-state index contributed by atoms with van der Waals surface area (Å²) < 4.78 is 0. The molecule has 1 fully saturated rings. The van der Waals surface area contributed by atoms with Crippen molar-refractivity contribution in [2.75, 3.05) is 13.2 Å². The molecule has 1 saturated carbocycles. The average Bonchev–Trinajstić information content (AvgIpc) is 2.48. The number of carboxylic acid groups (broad SMARTS) is 1. The Morgan fingerprint density at radius 2 is 1.86 bits per heavy atom. The Hall–Kier alpha value is -1.10. The lowest BCUT2D eigenvalue weighted by atomic mass is 9.86. The fourth-order valence-corrected chi connectivity index (χ4v) is 3.03. The monoisotopic (exact) mass is 299 g/mol. The topological polar surface area (TPSA) is 77.8 Å². The van der Waals surface area contributed by atoms with Crippen LogP contribution in [0.5, 0.6) is 0 Å². The third kappa shape index (κ3) is 5.65. The number of nitrogens with zero attached hydrogens (tertiary/aromatic N) is 1. The van der Waals surface area contributed by atoms with Gasteiger partial charge in [-0.1, -0.05) is 33.1 Å². The number of carboxylic acids is 1. The first-order chi connectivity index (χ1) is 9.99. The minimum atomic E-state index is -0.904. The van der Waals surface area contributed by atoms with Crippen molar-refractivity contribution < 1.29 is 19.8 Å². The van der Waals surface area contributed by atoms with Gasteiger partial charge in [-0.05, 0) is 25.2 Å². The first kappa shape index (κ1) is 18.0. The van der Waals surface area contributed by atoms with Crippen molar-refractivity contribution in [2.45, 2.75) is 64.8 Å². The maximum Gasteiger partial charge on any atom is 0.308 e. The third-order valence-electron chi connectivity index (χ3n) is 4.52. The summed E-state index contributed by atoms with van der Waals surface area (Å²) >= 11 is 0. The Bertz CT molecular complexity index is 335. The van der Waals surface area contributed by atoms with Crippen molar-refractivity contribution in [1.82, 2.24) is 4.90 Å². The summed E-state index contributed by atoms with van der Waals surface area (Å²) in [6.07, 6.45) is 6.91. The molecule has 5 nitrogen and oxygen atoms in total. The first-order valence-electron chi connectivity index (χ1n) is 8.12. The number of hydrogen-bond acceptors (Lipinski definition) is 3. The maximum absolute atomic E-state index is 12.6. The quantitative estimate of drug-likeness (QED) is 0.721. The van der Waals surface area contributed by atoms with Crippen LogP contribution < -0.4 is 0 Å². The van der Waals surface area contributed by atoms with E-state index in [1.54, 1.807) is 11.8 Å². The number of rotatable bonds is 8. The second-order valence-electron chi connectivity index (χ2n) is 6.24. The van der Waals surface area contributed by atoms with Crippen LogP contribution in [0.25, 0.3) is 0 Å². The second-order valence-corrected chi connectivity index (χ2v) is 6.24. The number of hydrogen-bond donors (Lipinski definition) is 2. The zero-order valence-corrected chi connectivity index (χ0v) is 13.3. The number of aliphatic hydroxyl groups excluding tert-OH is 1. The van der Waals surface area contributed by atoms with E-state index in [-0.39, 0.29) is 25.1 Å². The molecule has 2 N–H and O–H groups in total. The molecule has 1 aliphatic carbocycles. The van der Waals surface area contributed by atoms with E-state index >= 15 is 0 Å². The van der Waals surface area contributed by atoms with E-state index in [1.165, 1.54) is 19.3 Å². The van der Waals surface area contributed by atoms with Crippen molar-refractivity contribution in [3.8, 4) is 0 Å². The fraction of sp³-hybridized carbons (Fsp3) is 0.875. The van der Waals surface area contributed by atoms with Crippen molar-refractivity contribution in [3.05, 3.63) is 0 Å². The van der Waals surface area contributed by atoms with Crippen LogP contribution >= 0.6 is 0 Å². The Kier molecular flexibility index (Phi) is 7.72. The summed E-state index contributed by atoms with van der Waals surface area (Å²) in [5.74, 6) is -1.10. The molecule has 122 valence electrons. The molecule has 0 aromatic rings. The molecular formula is C16H29NO4. The molecule has 0 radical (unpaired) electrons. The van der Waals surface area contributed by atoms with Crippen molar-refractivity contribution in [2.24, 2.45) is 11.8 Å². The Morgan fingerprint density at radius 3 is 2.33 bits per heavy atom. The highest BCUT2D eigenvalue weighted by Gasteiger charge is 2.28. The highest BCUT2D eigenvalue weighted by Crippen LogP contribution is 2.27. The van der Waals surface area contributed by atoms with Crippen LogP contribution in [0.4, 0.5) is 0 Å². The summed E-state index contributed by atoms with van der Waals surface area (Å²) in [6, 6.07) is -0.275. The van der Waals surface area contributed by atoms with Crippen LogP contribution in [0.2, 0.25) is 0 Å². The van der Waals surface area contributed by atoms with E-state index in [9.17, 15) is 14.7 Å². The predicted molar refractivity (Wildman–Crippen MR) is 80.9 cm³/mol. The van der Waals surface area contributed by atoms with Gasteiger partial charge in [0.05, 0.1) is 18.6 Å². The molecule has 5 heteroatoms.